The molecule has 1 heterocycles. The summed E-state index contributed by atoms with van der Waals surface area (Å²) >= 11 is 6.02. The number of benzene rings is 3. The number of halogens is 1. The molecule has 150 valence electrons. The number of rotatable bonds is 6. The summed E-state index contributed by atoms with van der Waals surface area (Å²) in [5.74, 6) is -0.396. The fourth-order valence-corrected chi connectivity index (χ4v) is 3.46. The molecule has 3 aromatic rings. The van der Waals surface area contributed by atoms with E-state index in [9.17, 15) is 9.59 Å². The van der Waals surface area contributed by atoms with E-state index in [1.165, 1.54) is 0 Å². The molecule has 0 fully saturated rings. The second kappa shape index (κ2) is 8.43. The molecule has 0 aliphatic carbocycles. The average Bonchev–Trinajstić information content (AvgIpc) is 3.00. The normalized spacial score (nSPS) is 13.7. The highest BCUT2D eigenvalue weighted by molar-refractivity contribution is 6.46. The number of nitrogens with one attached hydrogen (secondary N) is 1. The standard InChI is InChI=1S/C24H19ClN2O3/c1-2-30-20-11-7-6-10-19(20)27-23(28)21(16-12-14-17(25)15-13-16)22(24(27)29)26-18-8-4-3-5-9-18/h3-15,26H,2H2,1H3. The van der Waals surface area contributed by atoms with Crippen LogP contribution in [0.3, 0.4) is 0 Å². The van der Waals surface area contributed by atoms with Gasteiger partial charge in [-0.3, -0.25) is 9.59 Å². The predicted molar refractivity (Wildman–Crippen MR) is 119 cm³/mol. The lowest BCUT2D eigenvalue weighted by Crippen LogP contribution is -2.32. The monoisotopic (exact) mass is 418 g/mol. The van der Waals surface area contributed by atoms with E-state index in [-0.39, 0.29) is 11.3 Å². The molecule has 1 aliphatic heterocycles. The van der Waals surface area contributed by atoms with Crippen LogP contribution < -0.4 is 15.0 Å². The molecule has 0 aromatic heterocycles. The number of amides is 2. The molecule has 1 aliphatic rings. The Kier molecular flexibility index (Phi) is 5.55. The van der Waals surface area contributed by atoms with Crippen molar-refractivity contribution in [2.45, 2.75) is 6.92 Å². The number of imide groups is 1. The first-order valence-corrected chi connectivity index (χ1v) is 9.91. The minimum atomic E-state index is -0.444. The van der Waals surface area contributed by atoms with Gasteiger partial charge in [0, 0.05) is 10.7 Å². The molecule has 3 aromatic carbocycles. The van der Waals surface area contributed by atoms with Crippen LogP contribution in [0.25, 0.3) is 5.57 Å². The summed E-state index contributed by atoms with van der Waals surface area (Å²) in [6.07, 6.45) is 0. The third-order valence-corrected chi connectivity index (χ3v) is 4.92. The first-order chi connectivity index (χ1) is 14.6. The van der Waals surface area contributed by atoms with Crippen LogP contribution in [-0.4, -0.2) is 18.4 Å². The maximum atomic E-state index is 13.5. The van der Waals surface area contributed by atoms with E-state index in [2.05, 4.69) is 5.32 Å². The van der Waals surface area contributed by atoms with E-state index in [4.69, 9.17) is 16.3 Å². The van der Waals surface area contributed by atoms with Crippen molar-refractivity contribution in [2.24, 2.45) is 0 Å². The summed E-state index contributed by atoms with van der Waals surface area (Å²) in [4.78, 5) is 28.1. The van der Waals surface area contributed by atoms with Gasteiger partial charge in [-0.15, -0.1) is 0 Å². The van der Waals surface area contributed by atoms with Gasteiger partial charge in [-0.25, -0.2) is 4.90 Å². The highest BCUT2D eigenvalue weighted by Crippen LogP contribution is 2.38. The summed E-state index contributed by atoms with van der Waals surface area (Å²) in [5.41, 5.74) is 2.21. The SMILES string of the molecule is CCOc1ccccc1N1C(=O)C(Nc2ccccc2)=C(c2ccc(Cl)cc2)C1=O. The van der Waals surface area contributed by atoms with Crippen molar-refractivity contribution < 1.29 is 14.3 Å². The Balaban J connectivity index is 1.83. The van der Waals surface area contributed by atoms with E-state index >= 15 is 0 Å². The number of nitrogens with zero attached hydrogens (tertiary/aromatic N) is 1. The zero-order chi connectivity index (χ0) is 21.1. The molecule has 1 N–H and O–H groups in total. The number of hydrogen-bond acceptors (Lipinski definition) is 4. The maximum absolute atomic E-state index is 13.5. The largest absolute Gasteiger partial charge is 0.492 e. The lowest BCUT2D eigenvalue weighted by Gasteiger charge is -2.19. The Morgan fingerprint density at radius 1 is 0.867 bits per heavy atom. The van der Waals surface area contributed by atoms with E-state index in [1.807, 2.05) is 37.3 Å². The van der Waals surface area contributed by atoms with Crippen molar-refractivity contribution in [1.29, 1.82) is 0 Å². The van der Waals surface area contributed by atoms with Gasteiger partial charge >= 0.3 is 0 Å². The Bertz CT molecular complexity index is 1120. The number of anilines is 2. The summed E-state index contributed by atoms with van der Waals surface area (Å²) in [6.45, 7) is 2.27. The zero-order valence-electron chi connectivity index (χ0n) is 16.3. The third-order valence-electron chi connectivity index (χ3n) is 4.67. The minimum absolute atomic E-state index is 0.208. The fourth-order valence-electron chi connectivity index (χ4n) is 3.33. The zero-order valence-corrected chi connectivity index (χ0v) is 17.0. The summed E-state index contributed by atoms with van der Waals surface area (Å²) in [6, 6.07) is 23.1. The Hall–Kier alpha value is -3.57. The molecule has 30 heavy (non-hydrogen) atoms. The van der Waals surface area contributed by atoms with Crippen LogP contribution in [0.1, 0.15) is 12.5 Å². The van der Waals surface area contributed by atoms with Gasteiger partial charge in [0.05, 0.1) is 17.9 Å². The molecule has 5 nitrogen and oxygen atoms in total. The van der Waals surface area contributed by atoms with Crippen molar-refractivity contribution in [2.75, 3.05) is 16.8 Å². The van der Waals surface area contributed by atoms with Crippen LogP contribution in [0.2, 0.25) is 5.02 Å². The molecule has 0 saturated carbocycles. The Morgan fingerprint density at radius 3 is 2.23 bits per heavy atom. The van der Waals surface area contributed by atoms with Crippen molar-refractivity contribution in [3.8, 4) is 5.75 Å². The molecular weight excluding hydrogens is 400 g/mol. The minimum Gasteiger partial charge on any atom is -0.492 e. The molecule has 6 heteroatoms. The van der Waals surface area contributed by atoms with Gasteiger partial charge in [-0.1, -0.05) is 54.1 Å². The second-order valence-electron chi connectivity index (χ2n) is 6.59. The summed E-state index contributed by atoms with van der Waals surface area (Å²) < 4.78 is 5.65. The van der Waals surface area contributed by atoms with Crippen LogP contribution in [0, 0.1) is 0 Å². The number of hydrogen-bond donors (Lipinski definition) is 1. The Labute approximate surface area is 179 Å². The first-order valence-electron chi connectivity index (χ1n) is 9.53. The van der Waals surface area contributed by atoms with Gasteiger partial charge in [0.2, 0.25) is 0 Å². The van der Waals surface area contributed by atoms with Crippen LogP contribution in [0.4, 0.5) is 11.4 Å². The van der Waals surface area contributed by atoms with Crippen LogP contribution in [0.15, 0.2) is 84.6 Å². The van der Waals surface area contributed by atoms with E-state index in [1.54, 1.807) is 48.5 Å². The highest BCUT2D eigenvalue weighted by Gasteiger charge is 2.41. The van der Waals surface area contributed by atoms with Gasteiger partial charge in [-0.05, 0) is 48.9 Å². The molecule has 0 bridgehead atoms. The molecule has 4 rings (SSSR count). The summed E-state index contributed by atoms with van der Waals surface area (Å²) in [5, 5.41) is 3.68. The van der Waals surface area contributed by atoms with Crippen LogP contribution in [0.5, 0.6) is 5.75 Å². The van der Waals surface area contributed by atoms with Crippen molar-refractivity contribution >= 4 is 40.4 Å². The molecule has 2 amide bonds. The second-order valence-corrected chi connectivity index (χ2v) is 7.03. The van der Waals surface area contributed by atoms with Gasteiger partial charge in [0.25, 0.3) is 11.8 Å². The van der Waals surface area contributed by atoms with E-state index in [0.29, 0.717) is 34.3 Å². The number of ether oxygens (including phenoxy) is 1. The van der Waals surface area contributed by atoms with Crippen molar-refractivity contribution in [3.63, 3.8) is 0 Å². The van der Waals surface area contributed by atoms with E-state index in [0.717, 1.165) is 4.90 Å². The van der Waals surface area contributed by atoms with Crippen molar-refractivity contribution in [3.05, 3.63) is 95.1 Å². The van der Waals surface area contributed by atoms with Crippen molar-refractivity contribution in [1.82, 2.24) is 0 Å². The molecule has 0 unspecified atom stereocenters. The van der Waals surface area contributed by atoms with Gasteiger partial charge in [0.15, 0.2) is 0 Å². The van der Waals surface area contributed by atoms with Gasteiger partial charge in [-0.2, -0.15) is 0 Å². The van der Waals surface area contributed by atoms with Gasteiger partial charge < -0.3 is 10.1 Å². The van der Waals surface area contributed by atoms with E-state index < -0.39 is 11.8 Å². The number of carbonyl (C=O) groups is 2. The predicted octanol–water partition coefficient (Wildman–Crippen LogP) is 5.14. The average molecular weight is 419 g/mol. The quantitative estimate of drug-likeness (QED) is 0.563. The maximum Gasteiger partial charge on any atom is 0.282 e. The third kappa shape index (κ3) is 3.67. The molecule has 0 spiro atoms. The topological polar surface area (TPSA) is 58.6 Å². The first kappa shape index (κ1) is 19.7. The molecule has 0 atom stereocenters. The Morgan fingerprint density at radius 2 is 1.53 bits per heavy atom. The van der Waals surface area contributed by atoms with Crippen LogP contribution >= 0.6 is 11.6 Å². The number of para-hydroxylation sites is 3. The summed E-state index contributed by atoms with van der Waals surface area (Å²) in [7, 11) is 0. The lowest BCUT2D eigenvalue weighted by molar-refractivity contribution is -0.120. The smallest absolute Gasteiger partial charge is 0.282 e. The highest BCUT2D eigenvalue weighted by atomic mass is 35.5. The lowest BCUT2D eigenvalue weighted by atomic mass is 10.0. The molecular formula is C24H19ClN2O3. The molecule has 0 saturated heterocycles. The number of carbonyl (C=O) groups excluding carboxylic acids is 2. The van der Waals surface area contributed by atoms with Crippen LogP contribution in [-0.2, 0) is 9.59 Å². The fraction of sp³-hybridized carbons (Fsp3) is 0.0833. The molecule has 0 radical (unpaired) electrons. The van der Waals surface area contributed by atoms with Gasteiger partial charge in [0.1, 0.15) is 11.4 Å².